The molecule has 0 unspecified atom stereocenters. The van der Waals surface area contributed by atoms with Crippen LogP contribution in [0.2, 0.25) is 0 Å². The fraction of sp³-hybridized carbons (Fsp3) is 0.364. The molecule has 1 aliphatic heterocycles. The van der Waals surface area contributed by atoms with Gasteiger partial charge in [-0.1, -0.05) is 0 Å². The average molecular weight is 330 g/mol. The topological polar surface area (TPSA) is 54.5 Å². The molecule has 0 bridgehead atoms. The van der Waals surface area contributed by atoms with Crippen LogP contribution in [0.25, 0.3) is 0 Å². The fourth-order valence-corrected chi connectivity index (χ4v) is 3.45. The third-order valence-electron chi connectivity index (χ3n) is 2.22. The molecule has 16 heavy (non-hydrogen) atoms. The molecule has 0 spiro atoms. The van der Waals surface area contributed by atoms with Gasteiger partial charge in [0.05, 0.1) is 4.14 Å². The van der Waals surface area contributed by atoms with Gasteiger partial charge < -0.3 is 5.73 Å². The number of unbranched alkanes of at least 4 members (excludes halogenated alkanes) is 1. The second-order valence-corrected chi connectivity index (χ2v) is 5.70. The smallest absolute Gasteiger partial charge is 0.126 e. The normalized spacial score (nSPS) is 14.8. The molecule has 0 saturated carbocycles. The monoisotopic (exact) mass is 330 g/mol. The summed E-state index contributed by atoms with van der Waals surface area (Å²) in [6.07, 6.45) is 5.86. The van der Waals surface area contributed by atoms with E-state index in [1.807, 2.05) is 12.3 Å². The molecule has 0 radical (unpaired) electrons. The number of pyridine rings is 1. The summed E-state index contributed by atoms with van der Waals surface area (Å²) < 4.78 is 3.44. The number of nitrogens with zero attached hydrogens (tertiary/aromatic N) is 3. The Kier molecular flexibility index (Phi) is 4.41. The largest absolute Gasteiger partial charge is 0.330 e. The number of nitrogens with two attached hydrogens (primary N) is 1. The first-order valence-electron chi connectivity index (χ1n) is 5.32. The summed E-state index contributed by atoms with van der Waals surface area (Å²) in [5, 5.41) is 6.65. The summed E-state index contributed by atoms with van der Waals surface area (Å²) in [7, 11) is 0. The van der Waals surface area contributed by atoms with Gasteiger partial charge in [-0.15, -0.1) is 0 Å². The molecule has 86 valence electrons. The van der Waals surface area contributed by atoms with E-state index < -0.39 is 0 Å². The van der Waals surface area contributed by atoms with E-state index in [1.165, 1.54) is 3.72 Å². The highest BCUT2D eigenvalue weighted by atomic mass is 127. The van der Waals surface area contributed by atoms with Gasteiger partial charge >= 0.3 is 0 Å². The molecule has 1 aromatic rings. The van der Waals surface area contributed by atoms with Crippen molar-refractivity contribution >= 4 is 28.6 Å². The molecule has 4 nitrogen and oxygen atoms in total. The fourth-order valence-electron chi connectivity index (χ4n) is 1.38. The lowest BCUT2D eigenvalue weighted by Crippen LogP contribution is -2.15. The van der Waals surface area contributed by atoms with Gasteiger partial charge in [0.1, 0.15) is 3.72 Å². The van der Waals surface area contributed by atoms with Crippen molar-refractivity contribution in [3.8, 4) is 0 Å². The number of hydrogen-bond donors (Lipinski definition) is 1. The maximum Gasteiger partial charge on any atom is 0.126 e. The van der Waals surface area contributed by atoms with Crippen molar-refractivity contribution < 1.29 is 0 Å². The van der Waals surface area contributed by atoms with Crippen molar-refractivity contribution in [2.45, 2.75) is 12.8 Å². The Morgan fingerprint density at radius 3 is 3.06 bits per heavy atom. The number of hydrogen-bond acceptors (Lipinski definition) is 4. The average Bonchev–Trinajstić information content (AvgIpc) is 2.79. The molecule has 0 fully saturated rings. The predicted molar refractivity (Wildman–Crippen MR) is 75.9 cm³/mol. The van der Waals surface area contributed by atoms with Crippen LogP contribution in [0.3, 0.4) is 0 Å². The third-order valence-corrected chi connectivity index (χ3v) is 4.57. The minimum atomic E-state index is -0.0851. The van der Waals surface area contributed by atoms with Gasteiger partial charge in [-0.3, -0.25) is 9.99 Å². The van der Waals surface area contributed by atoms with Crippen LogP contribution in [0.5, 0.6) is 0 Å². The lowest BCUT2D eigenvalue weighted by atomic mass is 10.3. The minimum Gasteiger partial charge on any atom is -0.330 e. The molecule has 0 atom stereocenters. The van der Waals surface area contributed by atoms with Crippen LogP contribution < -0.4 is 5.73 Å². The first-order chi connectivity index (χ1) is 7.90. The molecule has 0 aliphatic carbocycles. The Balaban J connectivity index is 1.94. The summed E-state index contributed by atoms with van der Waals surface area (Å²) in [4.78, 5) is 4.12. The third kappa shape index (κ3) is 3.08. The highest BCUT2D eigenvalue weighted by Gasteiger charge is 2.09. The van der Waals surface area contributed by atoms with Crippen molar-refractivity contribution in [2.24, 2.45) is 10.8 Å². The molecule has 0 aromatic carbocycles. The first kappa shape index (κ1) is 11.7. The van der Waals surface area contributed by atoms with Gasteiger partial charge in [0.15, 0.2) is 0 Å². The zero-order chi connectivity index (χ0) is 11.2. The first-order valence-corrected chi connectivity index (χ1v) is 7.65. The lowest BCUT2D eigenvalue weighted by Gasteiger charge is -2.09. The molecule has 5 heteroatoms. The standard InChI is InChI=1S/C11H15IN4/c13-5-1-2-7-16-9-12-11(15-16)10-4-3-6-14-8-10/h3-4,6,8-9H,1-2,5,7,13H2. The summed E-state index contributed by atoms with van der Waals surface area (Å²) in [6.45, 7) is 1.75. The van der Waals surface area contributed by atoms with E-state index in [0.717, 1.165) is 31.5 Å². The van der Waals surface area contributed by atoms with Gasteiger partial charge in [-0.05, 0) is 52.2 Å². The number of halogens is 1. The second-order valence-electron chi connectivity index (χ2n) is 3.50. The highest BCUT2D eigenvalue weighted by Crippen LogP contribution is 2.18. The van der Waals surface area contributed by atoms with E-state index in [0.29, 0.717) is 0 Å². The van der Waals surface area contributed by atoms with E-state index >= 15 is 0 Å². The molecule has 1 aromatic heterocycles. The Labute approximate surface area is 105 Å². The van der Waals surface area contributed by atoms with Gasteiger partial charge in [0.2, 0.25) is 0 Å². The van der Waals surface area contributed by atoms with Crippen LogP contribution in [-0.2, 0) is 0 Å². The SMILES string of the molecule is NCCCCN1C=IC(c2cccnc2)=N1. The van der Waals surface area contributed by atoms with E-state index in [4.69, 9.17) is 5.73 Å². The Bertz CT molecular complexity index is 388. The second kappa shape index (κ2) is 6.05. The summed E-state index contributed by atoms with van der Waals surface area (Å²) in [5.74, 6) is 0. The summed E-state index contributed by atoms with van der Waals surface area (Å²) >= 11 is -0.0851. The van der Waals surface area contributed by atoms with Gasteiger partial charge in [0.25, 0.3) is 0 Å². The molecular weight excluding hydrogens is 315 g/mol. The molecule has 0 amide bonds. The highest BCUT2D eigenvalue weighted by molar-refractivity contribution is 14.2. The minimum absolute atomic E-state index is 0.0851. The lowest BCUT2D eigenvalue weighted by molar-refractivity contribution is 0.449. The zero-order valence-electron chi connectivity index (χ0n) is 9.01. The van der Waals surface area contributed by atoms with Crippen LogP contribution in [0.4, 0.5) is 0 Å². The van der Waals surface area contributed by atoms with Gasteiger partial charge in [-0.2, -0.15) is 5.10 Å². The van der Waals surface area contributed by atoms with Crippen LogP contribution >= 0.6 is 20.7 Å². The molecule has 2 N–H and O–H groups in total. The number of aromatic nitrogens is 1. The van der Waals surface area contributed by atoms with Crippen molar-refractivity contribution in [1.29, 1.82) is 0 Å². The summed E-state index contributed by atoms with van der Waals surface area (Å²) in [5.41, 5.74) is 6.63. The van der Waals surface area contributed by atoms with E-state index in [2.05, 4.69) is 25.3 Å². The van der Waals surface area contributed by atoms with Gasteiger partial charge in [-0.25, -0.2) is 0 Å². The predicted octanol–water partition coefficient (Wildman–Crippen LogP) is 1.53. The summed E-state index contributed by atoms with van der Waals surface area (Å²) in [6, 6.07) is 4.03. The number of rotatable bonds is 5. The molecule has 1 aliphatic rings. The van der Waals surface area contributed by atoms with E-state index in [-0.39, 0.29) is 20.7 Å². The van der Waals surface area contributed by atoms with Crippen LogP contribution in [0, 0.1) is 0 Å². The maximum absolute atomic E-state index is 5.47. The molecular formula is C11H15IN4. The Morgan fingerprint density at radius 2 is 2.31 bits per heavy atom. The molecule has 2 heterocycles. The van der Waals surface area contributed by atoms with Crippen LogP contribution in [0.1, 0.15) is 18.4 Å². The molecule has 2 rings (SSSR count). The van der Waals surface area contributed by atoms with Gasteiger partial charge in [0, 0.05) is 24.5 Å². The van der Waals surface area contributed by atoms with E-state index in [1.54, 1.807) is 6.20 Å². The molecule has 0 saturated heterocycles. The Hall–Kier alpha value is -0.820. The van der Waals surface area contributed by atoms with Crippen molar-refractivity contribution in [3.63, 3.8) is 0 Å². The van der Waals surface area contributed by atoms with Crippen molar-refractivity contribution in [1.82, 2.24) is 9.99 Å². The van der Waals surface area contributed by atoms with E-state index in [9.17, 15) is 0 Å². The maximum atomic E-state index is 5.47. The Morgan fingerprint density at radius 1 is 1.38 bits per heavy atom. The number of hydrazone groups is 1. The van der Waals surface area contributed by atoms with Crippen LogP contribution in [-0.4, -0.2) is 30.9 Å². The quantitative estimate of drug-likeness (QED) is 0.658. The van der Waals surface area contributed by atoms with Crippen LogP contribution in [0.15, 0.2) is 29.6 Å². The van der Waals surface area contributed by atoms with Crippen molar-refractivity contribution in [2.75, 3.05) is 13.1 Å². The van der Waals surface area contributed by atoms with Crippen molar-refractivity contribution in [3.05, 3.63) is 30.1 Å². The zero-order valence-corrected chi connectivity index (χ0v) is 11.2.